The molecular formula is C40H58N2O9. The van der Waals surface area contributed by atoms with E-state index in [0.29, 0.717) is 12.1 Å². The largest absolute Gasteiger partial charge is 0.457 e. The third kappa shape index (κ3) is 10.8. The predicted octanol–water partition coefficient (Wildman–Crippen LogP) is 5.04. The standard InChI is InChI=1S/C40H58N2O9/c1-9-32(48-8)26(4)36-37(51-36)38(42-23-28-13-14-31-29(21-28)17-20-41-31)40(7,47)18-10-11-24(2)35-25(3)12-15-33(49-27(5)43)39(6,46)19-16-30(44)22-34(45)50-35/h10-15,17-18,20-21,25-26,30,32-33,35-38,41-42,44,46-47H,9,16,19,22-23H2,1-8H3/t25-,26+,30+,32-,33-,35?,36+,37-,38?,39+,40?/m0/s1. The molecule has 11 atom stereocenters. The molecule has 1 fully saturated rings. The van der Waals surface area contributed by atoms with Gasteiger partial charge in [0.2, 0.25) is 0 Å². The molecule has 0 radical (unpaired) electrons. The number of ether oxygens (including phenoxy) is 4. The third-order valence-electron chi connectivity index (χ3n) is 10.3. The highest BCUT2D eigenvalue weighted by Crippen LogP contribution is 2.39. The van der Waals surface area contributed by atoms with E-state index in [1.54, 1.807) is 51.3 Å². The van der Waals surface area contributed by atoms with E-state index in [4.69, 9.17) is 18.9 Å². The van der Waals surface area contributed by atoms with E-state index < -0.39 is 47.5 Å². The SMILES string of the molecule is CC[C@H](OC)[C@@H](C)[C@H]1O[C@@H]1C(NCc1ccc2[nH]ccc2c1)C(C)(O)C=CC=C(C)C1OC(=O)C[C@H](O)CC[C@@](C)(O)[C@@H](OC(C)=O)C=C[C@@H]1C. The second-order valence-electron chi connectivity index (χ2n) is 14.8. The number of hydrogen-bond acceptors (Lipinski definition) is 10. The minimum absolute atomic E-state index is 0.0314. The average molecular weight is 711 g/mol. The van der Waals surface area contributed by atoms with Gasteiger partial charge in [0.1, 0.15) is 23.9 Å². The van der Waals surface area contributed by atoms with Crippen molar-refractivity contribution in [2.24, 2.45) is 11.8 Å². The lowest BCUT2D eigenvalue weighted by Gasteiger charge is -2.32. The van der Waals surface area contributed by atoms with Gasteiger partial charge in [-0.25, -0.2) is 0 Å². The Bertz CT molecular complexity index is 1560. The Kier molecular flexibility index (Phi) is 13.9. The summed E-state index contributed by atoms with van der Waals surface area (Å²) in [5.41, 5.74) is 0.0267. The fourth-order valence-corrected chi connectivity index (χ4v) is 7.11. The number of nitrogens with one attached hydrogen (secondary N) is 2. The number of aliphatic hydroxyl groups excluding tert-OH is 1. The lowest BCUT2D eigenvalue weighted by molar-refractivity contribution is -0.157. The number of epoxide rings is 1. The molecule has 0 amide bonds. The van der Waals surface area contributed by atoms with Crippen LogP contribution in [-0.2, 0) is 35.1 Å². The van der Waals surface area contributed by atoms with E-state index in [9.17, 15) is 24.9 Å². The van der Waals surface area contributed by atoms with Gasteiger partial charge in [-0.05, 0) is 80.8 Å². The van der Waals surface area contributed by atoms with Crippen LogP contribution in [0.15, 0.2) is 66.4 Å². The van der Waals surface area contributed by atoms with Crippen LogP contribution in [0.1, 0.15) is 79.7 Å². The molecule has 282 valence electrons. The maximum atomic E-state index is 12.9. The Labute approximate surface area is 302 Å². The van der Waals surface area contributed by atoms with Crippen LogP contribution in [-0.4, -0.2) is 93.2 Å². The van der Waals surface area contributed by atoms with Gasteiger partial charge in [0.15, 0.2) is 0 Å². The van der Waals surface area contributed by atoms with Gasteiger partial charge in [-0.2, -0.15) is 0 Å². The van der Waals surface area contributed by atoms with E-state index >= 15 is 0 Å². The lowest BCUT2D eigenvalue weighted by Crippen LogP contribution is -2.52. The van der Waals surface area contributed by atoms with Crippen LogP contribution in [0, 0.1) is 11.8 Å². The number of methoxy groups -OCH3 is 1. The Morgan fingerprint density at radius 1 is 1.24 bits per heavy atom. The van der Waals surface area contributed by atoms with E-state index in [0.717, 1.165) is 22.9 Å². The second kappa shape index (κ2) is 17.5. The first-order chi connectivity index (χ1) is 24.1. The second-order valence-corrected chi connectivity index (χ2v) is 14.8. The summed E-state index contributed by atoms with van der Waals surface area (Å²) >= 11 is 0. The maximum Gasteiger partial charge on any atom is 0.309 e. The Balaban J connectivity index is 1.57. The summed E-state index contributed by atoms with van der Waals surface area (Å²) in [5.74, 6) is -1.37. The Morgan fingerprint density at radius 2 is 1.98 bits per heavy atom. The molecule has 0 spiro atoms. The monoisotopic (exact) mass is 710 g/mol. The minimum atomic E-state index is -1.46. The summed E-state index contributed by atoms with van der Waals surface area (Å²) in [6.45, 7) is 13.0. The number of aromatic nitrogens is 1. The predicted molar refractivity (Wildman–Crippen MR) is 196 cm³/mol. The number of esters is 2. The van der Waals surface area contributed by atoms with Crippen molar-refractivity contribution in [2.75, 3.05) is 7.11 Å². The van der Waals surface area contributed by atoms with Crippen molar-refractivity contribution in [1.82, 2.24) is 10.3 Å². The summed E-state index contributed by atoms with van der Waals surface area (Å²) in [4.78, 5) is 28.0. The molecule has 2 aliphatic rings. The van der Waals surface area contributed by atoms with Gasteiger partial charge in [-0.3, -0.25) is 9.59 Å². The Hall–Kier alpha value is -3.32. The molecule has 4 rings (SSSR count). The van der Waals surface area contributed by atoms with Crippen molar-refractivity contribution >= 4 is 22.8 Å². The van der Waals surface area contributed by atoms with Crippen LogP contribution in [0.4, 0.5) is 0 Å². The molecule has 2 aliphatic heterocycles. The average Bonchev–Trinajstić information content (AvgIpc) is 3.70. The van der Waals surface area contributed by atoms with E-state index in [1.165, 1.54) is 6.92 Å². The quantitative estimate of drug-likeness (QED) is 0.0824. The van der Waals surface area contributed by atoms with Gasteiger partial charge in [0.25, 0.3) is 0 Å². The van der Waals surface area contributed by atoms with Gasteiger partial charge in [-0.15, -0.1) is 0 Å². The number of carbonyl (C=O) groups is 2. The molecule has 3 unspecified atom stereocenters. The van der Waals surface area contributed by atoms with Gasteiger partial charge in [0.05, 0.1) is 36.4 Å². The van der Waals surface area contributed by atoms with Crippen molar-refractivity contribution in [1.29, 1.82) is 0 Å². The molecule has 5 N–H and O–H groups in total. The molecule has 1 saturated heterocycles. The van der Waals surface area contributed by atoms with Crippen molar-refractivity contribution in [3.63, 3.8) is 0 Å². The van der Waals surface area contributed by atoms with E-state index in [2.05, 4.69) is 36.3 Å². The maximum absolute atomic E-state index is 12.9. The third-order valence-corrected chi connectivity index (χ3v) is 10.3. The van der Waals surface area contributed by atoms with Crippen molar-refractivity contribution in [3.8, 4) is 0 Å². The highest BCUT2D eigenvalue weighted by molar-refractivity contribution is 5.79. The zero-order chi connectivity index (χ0) is 37.5. The van der Waals surface area contributed by atoms with E-state index in [-0.39, 0.29) is 49.4 Å². The summed E-state index contributed by atoms with van der Waals surface area (Å²) in [7, 11) is 1.71. The van der Waals surface area contributed by atoms with Crippen LogP contribution in [0.2, 0.25) is 0 Å². The summed E-state index contributed by atoms with van der Waals surface area (Å²) in [6.07, 6.45) is 8.34. The number of rotatable bonds is 13. The van der Waals surface area contributed by atoms with Crippen LogP contribution in [0.3, 0.4) is 0 Å². The van der Waals surface area contributed by atoms with Crippen molar-refractivity contribution in [2.45, 2.75) is 135 Å². The summed E-state index contributed by atoms with van der Waals surface area (Å²) in [5, 5.41) is 38.3. The number of allylic oxidation sites excluding steroid dienone is 2. The first-order valence-corrected chi connectivity index (χ1v) is 18.1. The van der Waals surface area contributed by atoms with Gasteiger partial charge in [0, 0.05) is 44.1 Å². The van der Waals surface area contributed by atoms with Crippen molar-refractivity contribution < 1.29 is 43.9 Å². The number of fused-ring (bicyclic) bond motifs is 1. The van der Waals surface area contributed by atoms with Gasteiger partial charge >= 0.3 is 11.9 Å². The zero-order valence-electron chi connectivity index (χ0n) is 31.3. The molecule has 3 heterocycles. The molecule has 51 heavy (non-hydrogen) atoms. The number of aromatic amines is 1. The van der Waals surface area contributed by atoms with Crippen LogP contribution >= 0.6 is 0 Å². The highest BCUT2D eigenvalue weighted by atomic mass is 16.6. The van der Waals surface area contributed by atoms with Gasteiger partial charge < -0.3 is 44.6 Å². The lowest BCUT2D eigenvalue weighted by atomic mass is 9.87. The highest BCUT2D eigenvalue weighted by Gasteiger charge is 2.54. The van der Waals surface area contributed by atoms with Crippen LogP contribution < -0.4 is 5.32 Å². The number of carbonyl (C=O) groups excluding carboxylic acids is 2. The van der Waals surface area contributed by atoms with Crippen LogP contribution in [0.5, 0.6) is 0 Å². The Morgan fingerprint density at radius 3 is 2.67 bits per heavy atom. The normalized spacial score (nSPS) is 30.9. The molecular weight excluding hydrogens is 652 g/mol. The number of H-pyrrole nitrogens is 1. The molecule has 1 aromatic carbocycles. The van der Waals surface area contributed by atoms with E-state index in [1.807, 2.05) is 32.2 Å². The minimum Gasteiger partial charge on any atom is -0.457 e. The first-order valence-electron chi connectivity index (χ1n) is 18.1. The molecule has 0 aliphatic carbocycles. The fourth-order valence-electron chi connectivity index (χ4n) is 7.11. The number of benzene rings is 1. The summed E-state index contributed by atoms with van der Waals surface area (Å²) < 4.78 is 23.3. The molecule has 1 aromatic heterocycles. The fraction of sp³-hybridized carbons (Fsp3) is 0.600. The zero-order valence-corrected chi connectivity index (χ0v) is 31.3. The number of aliphatic hydroxyl groups is 3. The molecule has 2 aromatic rings. The van der Waals surface area contributed by atoms with Gasteiger partial charge in [-0.1, -0.05) is 51.1 Å². The van der Waals surface area contributed by atoms with Crippen molar-refractivity contribution in [3.05, 3.63) is 72.0 Å². The summed E-state index contributed by atoms with van der Waals surface area (Å²) in [6, 6.07) is 7.79. The number of cyclic esters (lactones) is 1. The molecule has 0 bridgehead atoms. The topological polar surface area (TPSA) is 163 Å². The first kappa shape index (κ1) is 40.5. The van der Waals surface area contributed by atoms with Crippen LogP contribution in [0.25, 0.3) is 10.9 Å². The smallest absolute Gasteiger partial charge is 0.309 e. The molecule has 11 nitrogen and oxygen atoms in total. The number of hydrogen-bond donors (Lipinski definition) is 5. The molecule has 0 saturated carbocycles. The molecule has 11 heteroatoms.